The molecule has 1 aromatic heterocycles. The van der Waals surface area contributed by atoms with Crippen molar-refractivity contribution in [2.24, 2.45) is 11.8 Å². The quantitative estimate of drug-likeness (QED) is 0.288. The number of carbonyl (C=O) groups excluding carboxylic acids is 1. The van der Waals surface area contributed by atoms with Gasteiger partial charge in [-0.15, -0.1) is 0 Å². The second-order valence-corrected chi connectivity index (χ2v) is 11.0. The number of fused-ring (bicyclic) bond motifs is 1. The van der Waals surface area contributed by atoms with E-state index in [0.29, 0.717) is 16.9 Å². The second kappa shape index (κ2) is 10.8. The van der Waals surface area contributed by atoms with Gasteiger partial charge in [0.05, 0.1) is 5.52 Å². The normalized spacial score (nSPS) is 18.8. The van der Waals surface area contributed by atoms with E-state index in [1.165, 1.54) is 20.7 Å². The summed E-state index contributed by atoms with van der Waals surface area (Å²) in [5, 5.41) is 4.98. The highest BCUT2D eigenvalue weighted by molar-refractivity contribution is 7.99. The fourth-order valence-electron chi connectivity index (χ4n) is 5.12. The van der Waals surface area contributed by atoms with Crippen molar-refractivity contribution in [3.8, 4) is 0 Å². The number of nitrogens with zero attached hydrogens (tertiary/aromatic N) is 1. The summed E-state index contributed by atoms with van der Waals surface area (Å²) in [6, 6.07) is 26.6. The summed E-state index contributed by atoms with van der Waals surface area (Å²) in [5.41, 5.74) is 3.24. The number of aromatic nitrogens is 1. The maximum atomic E-state index is 12.9. The Bertz CT molecular complexity index is 1300. The standard InChI is InChI=1S/C30H29ClN2OS/c1-20(30(34)33-24-13-11-23(31)12-14-24)21-7-9-22(10-8-21)27-17-18-32-29-16-15-26(19-28(27)29)35-25-5-3-2-4-6-25/h2-6,11-22H,7-10H2,1H3,(H,33,34)/t20-,21?,22?/m1/s1. The highest BCUT2D eigenvalue weighted by atomic mass is 35.5. The van der Waals surface area contributed by atoms with E-state index >= 15 is 0 Å². The van der Waals surface area contributed by atoms with E-state index in [9.17, 15) is 4.79 Å². The van der Waals surface area contributed by atoms with Gasteiger partial charge in [-0.2, -0.15) is 0 Å². The fraction of sp³-hybridized carbons (Fsp3) is 0.267. The first kappa shape index (κ1) is 23.9. The number of amides is 1. The van der Waals surface area contributed by atoms with Crippen molar-refractivity contribution in [1.29, 1.82) is 0 Å². The Morgan fingerprint density at radius 1 is 0.943 bits per heavy atom. The SMILES string of the molecule is C[C@@H](C(=O)Nc1ccc(Cl)cc1)C1CCC(c2ccnc3ccc(Sc4ccccc4)cc23)CC1. The lowest BCUT2D eigenvalue weighted by Crippen LogP contribution is -2.29. The molecular weight excluding hydrogens is 472 g/mol. The Balaban J connectivity index is 1.26. The number of nitrogens with one attached hydrogen (secondary N) is 1. The van der Waals surface area contributed by atoms with Crippen molar-refractivity contribution in [1.82, 2.24) is 4.98 Å². The van der Waals surface area contributed by atoms with Crippen molar-refractivity contribution < 1.29 is 4.79 Å². The number of hydrogen-bond acceptors (Lipinski definition) is 3. The number of hydrogen-bond donors (Lipinski definition) is 1. The Morgan fingerprint density at radius 3 is 2.43 bits per heavy atom. The van der Waals surface area contributed by atoms with Gasteiger partial charge in [0.25, 0.3) is 0 Å². The molecule has 0 spiro atoms. The van der Waals surface area contributed by atoms with Gasteiger partial charge in [0, 0.05) is 38.0 Å². The molecule has 1 N–H and O–H groups in total. The molecule has 1 amide bonds. The zero-order chi connectivity index (χ0) is 24.2. The summed E-state index contributed by atoms with van der Waals surface area (Å²) >= 11 is 7.75. The number of anilines is 1. The van der Waals surface area contributed by atoms with Gasteiger partial charge >= 0.3 is 0 Å². The minimum Gasteiger partial charge on any atom is -0.326 e. The lowest BCUT2D eigenvalue weighted by atomic mass is 9.73. The summed E-state index contributed by atoms with van der Waals surface area (Å²) in [6.45, 7) is 2.06. The molecular formula is C30H29ClN2OS. The Kier molecular flexibility index (Phi) is 7.40. The molecule has 1 heterocycles. The molecule has 35 heavy (non-hydrogen) atoms. The summed E-state index contributed by atoms with van der Waals surface area (Å²) in [6.07, 6.45) is 6.25. The van der Waals surface area contributed by atoms with Crippen LogP contribution in [-0.4, -0.2) is 10.9 Å². The predicted octanol–water partition coefficient (Wildman–Crippen LogP) is 8.59. The van der Waals surface area contributed by atoms with Crippen LogP contribution in [0.1, 0.15) is 44.1 Å². The van der Waals surface area contributed by atoms with Crippen LogP contribution < -0.4 is 5.32 Å². The van der Waals surface area contributed by atoms with Crippen molar-refractivity contribution in [3.05, 3.63) is 95.6 Å². The predicted molar refractivity (Wildman–Crippen MR) is 146 cm³/mol. The van der Waals surface area contributed by atoms with Crippen molar-refractivity contribution in [3.63, 3.8) is 0 Å². The smallest absolute Gasteiger partial charge is 0.227 e. The Morgan fingerprint density at radius 2 is 1.69 bits per heavy atom. The highest BCUT2D eigenvalue weighted by Crippen LogP contribution is 2.41. The van der Waals surface area contributed by atoms with E-state index in [0.717, 1.165) is 36.9 Å². The Labute approximate surface area is 216 Å². The first-order valence-electron chi connectivity index (χ1n) is 12.2. The lowest BCUT2D eigenvalue weighted by molar-refractivity contribution is -0.121. The molecule has 1 aliphatic rings. The van der Waals surface area contributed by atoms with E-state index in [4.69, 9.17) is 11.6 Å². The minimum absolute atomic E-state index is 0.0188. The summed E-state index contributed by atoms with van der Waals surface area (Å²) < 4.78 is 0. The van der Waals surface area contributed by atoms with Crippen LogP contribution >= 0.6 is 23.4 Å². The molecule has 1 atom stereocenters. The lowest BCUT2D eigenvalue weighted by Gasteiger charge is -2.32. The van der Waals surface area contributed by atoms with Gasteiger partial charge in [-0.25, -0.2) is 0 Å². The maximum Gasteiger partial charge on any atom is 0.227 e. The van der Waals surface area contributed by atoms with E-state index in [1.807, 2.05) is 24.4 Å². The molecule has 3 nitrogen and oxygen atoms in total. The van der Waals surface area contributed by atoms with Gasteiger partial charge in [-0.05, 0) is 104 Å². The third-order valence-electron chi connectivity index (χ3n) is 7.17. The van der Waals surface area contributed by atoms with Crippen LogP contribution in [0.5, 0.6) is 0 Å². The zero-order valence-electron chi connectivity index (χ0n) is 19.8. The average molecular weight is 501 g/mol. The molecule has 1 aliphatic carbocycles. The number of rotatable bonds is 6. The number of halogens is 1. The second-order valence-electron chi connectivity index (χ2n) is 9.39. The minimum atomic E-state index is -0.0188. The van der Waals surface area contributed by atoms with Crippen LogP contribution in [0.25, 0.3) is 10.9 Å². The van der Waals surface area contributed by atoms with Crippen molar-refractivity contribution in [2.75, 3.05) is 5.32 Å². The molecule has 3 aromatic carbocycles. The third kappa shape index (κ3) is 5.71. The van der Waals surface area contributed by atoms with Crippen molar-refractivity contribution >= 4 is 45.9 Å². The van der Waals surface area contributed by atoms with Crippen molar-refractivity contribution in [2.45, 2.75) is 48.3 Å². The zero-order valence-corrected chi connectivity index (χ0v) is 21.4. The fourth-order valence-corrected chi connectivity index (χ4v) is 6.13. The Hall–Kier alpha value is -2.82. The summed E-state index contributed by atoms with van der Waals surface area (Å²) in [7, 11) is 0. The molecule has 1 saturated carbocycles. The molecule has 0 aliphatic heterocycles. The molecule has 5 rings (SSSR count). The van der Waals surface area contributed by atoms with Gasteiger partial charge < -0.3 is 5.32 Å². The molecule has 4 aromatic rings. The van der Waals surface area contributed by atoms with Crippen LogP contribution in [0.15, 0.2) is 94.9 Å². The van der Waals surface area contributed by atoms with Crippen LogP contribution in [0.4, 0.5) is 5.69 Å². The topological polar surface area (TPSA) is 42.0 Å². The van der Waals surface area contributed by atoms with Gasteiger partial charge in [0.2, 0.25) is 5.91 Å². The summed E-state index contributed by atoms with van der Waals surface area (Å²) in [4.78, 5) is 20.0. The van der Waals surface area contributed by atoms with Gasteiger partial charge in [0.15, 0.2) is 0 Å². The summed E-state index contributed by atoms with van der Waals surface area (Å²) in [5.74, 6) is 0.971. The molecule has 178 valence electrons. The van der Waals surface area contributed by atoms with E-state index in [-0.39, 0.29) is 11.8 Å². The van der Waals surface area contributed by atoms with Gasteiger partial charge in [-0.1, -0.05) is 48.5 Å². The van der Waals surface area contributed by atoms with Crippen LogP contribution in [0.2, 0.25) is 5.02 Å². The third-order valence-corrected chi connectivity index (χ3v) is 8.42. The van der Waals surface area contributed by atoms with E-state index in [2.05, 4.69) is 65.8 Å². The number of benzene rings is 3. The molecule has 0 radical (unpaired) electrons. The van der Waals surface area contributed by atoms with Crippen LogP contribution in [0.3, 0.4) is 0 Å². The molecule has 0 bridgehead atoms. The van der Waals surface area contributed by atoms with Crippen LogP contribution in [0, 0.1) is 11.8 Å². The monoisotopic (exact) mass is 500 g/mol. The van der Waals surface area contributed by atoms with E-state index in [1.54, 1.807) is 23.9 Å². The number of pyridine rings is 1. The average Bonchev–Trinajstić information content (AvgIpc) is 2.90. The number of carbonyl (C=O) groups is 1. The molecule has 1 fully saturated rings. The van der Waals surface area contributed by atoms with Crippen LogP contribution in [-0.2, 0) is 4.79 Å². The van der Waals surface area contributed by atoms with E-state index < -0.39 is 0 Å². The maximum absolute atomic E-state index is 12.9. The largest absolute Gasteiger partial charge is 0.326 e. The van der Waals surface area contributed by atoms with Gasteiger partial charge in [0.1, 0.15) is 0 Å². The van der Waals surface area contributed by atoms with Gasteiger partial charge in [-0.3, -0.25) is 9.78 Å². The molecule has 5 heteroatoms. The molecule has 0 unspecified atom stereocenters. The molecule has 0 saturated heterocycles. The first-order valence-corrected chi connectivity index (χ1v) is 13.4. The first-order chi connectivity index (χ1) is 17.1. The highest BCUT2D eigenvalue weighted by Gasteiger charge is 2.30.